The van der Waals surface area contributed by atoms with E-state index in [1.54, 1.807) is 0 Å². The Labute approximate surface area is 108 Å². The van der Waals surface area contributed by atoms with Crippen molar-refractivity contribution in [2.24, 2.45) is 0 Å². The highest BCUT2D eigenvalue weighted by Crippen LogP contribution is 2.11. The highest BCUT2D eigenvalue weighted by Gasteiger charge is 2.22. The van der Waals surface area contributed by atoms with E-state index in [0.717, 1.165) is 30.8 Å². The monoisotopic (exact) mass is 247 g/mol. The minimum Gasteiger partial charge on any atom is -0.325 e. The van der Waals surface area contributed by atoms with E-state index < -0.39 is 0 Å². The van der Waals surface area contributed by atoms with Gasteiger partial charge in [0.05, 0.1) is 6.54 Å². The first-order valence-electron chi connectivity index (χ1n) is 6.43. The number of likely N-dealkylation sites (N-methyl/N-ethyl adjacent to an activating group) is 1. The number of nitrogens with zero attached hydrogens (tertiary/aromatic N) is 1. The van der Waals surface area contributed by atoms with Crippen LogP contribution in [0.25, 0.3) is 0 Å². The van der Waals surface area contributed by atoms with E-state index in [9.17, 15) is 4.79 Å². The van der Waals surface area contributed by atoms with Crippen LogP contribution in [0.15, 0.2) is 24.3 Å². The van der Waals surface area contributed by atoms with E-state index in [0.29, 0.717) is 12.6 Å². The van der Waals surface area contributed by atoms with E-state index in [1.165, 1.54) is 0 Å². The lowest BCUT2D eigenvalue weighted by atomic mass is 10.2. The molecular weight excluding hydrogens is 226 g/mol. The summed E-state index contributed by atoms with van der Waals surface area (Å²) in [6.07, 6.45) is 1.12. The molecule has 1 aromatic rings. The molecule has 0 saturated carbocycles. The van der Waals surface area contributed by atoms with Crippen LogP contribution < -0.4 is 10.6 Å². The normalized spacial score (nSPS) is 20.0. The zero-order chi connectivity index (χ0) is 13.0. The molecule has 1 heterocycles. The second-order valence-electron chi connectivity index (χ2n) is 4.93. The van der Waals surface area contributed by atoms with E-state index in [-0.39, 0.29) is 5.91 Å². The van der Waals surface area contributed by atoms with Gasteiger partial charge in [0.15, 0.2) is 0 Å². The van der Waals surface area contributed by atoms with Gasteiger partial charge in [-0.1, -0.05) is 12.1 Å². The number of aryl methyl sites for hydroxylation is 1. The minimum absolute atomic E-state index is 0.0670. The molecule has 0 radical (unpaired) electrons. The van der Waals surface area contributed by atoms with Crippen molar-refractivity contribution >= 4 is 11.6 Å². The average molecular weight is 247 g/mol. The summed E-state index contributed by atoms with van der Waals surface area (Å²) in [5.74, 6) is 0.0670. The second-order valence-corrected chi connectivity index (χ2v) is 4.93. The second kappa shape index (κ2) is 5.98. The fourth-order valence-electron chi connectivity index (χ4n) is 2.34. The summed E-state index contributed by atoms with van der Waals surface area (Å²) in [7, 11) is 1.97. The Hall–Kier alpha value is -1.39. The first kappa shape index (κ1) is 13.1. The van der Waals surface area contributed by atoms with Gasteiger partial charge < -0.3 is 10.6 Å². The third kappa shape index (κ3) is 3.55. The number of carbonyl (C=O) groups is 1. The van der Waals surface area contributed by atoms with Crippen LogP contribution in [0.1, 0.15) is 12.0 Å². The lowest BCUT2D eigenvalue weighted by Gasteiger charge is -2.15. The molecular formula is C14H21N3O. The molecule has 1 saturated heterocycles. The number of carbonyl (C=O) groups excluding carboxylic acids is 1. The Morgan fingerprint density at radius 3 is 3.00 bits per heavy atom. The Bertz CT molecular complexity index is 419. The first-order chi connectivity index (χ1) is 8.67. The maximum atomic E-state index is 11.9. The molecule has 1 amide bonds. The molecule has 1 aromatic carbocycles. The summed E-state index contributed by atoms with van der Waals surface area (Å²) >= 11 is 0. The van der Waals surface area contributed by atoms with Gasteiger partial charge in [-0.2, -0.15) is 0 Å². The van der Waals surface area contributed by atoms with Crippen molar-refractivity contribution < 1.29 is 4.79 Å². The summed E-state index contributed by atoms with van der Waals surface area (Å²) in [6.45, 7) is 4.45. The summed E-state index contributed by atoms with van der Waals surface area (Å²) in [5, 5.41) is 6.19. The molecule has 1 unspecified atom stereocenters. The molecule has 0 aromatic heterocycles. The molecule has 1 fully saturated rings. The third-order valence-corrected chi connectivity index (χ3v) is 3.35. The van der Waals surface area contributed by atoms with Crippen LogP contribution in [0.4, 0.5) is 5.69 Å². The van der Waals surface area contributed by atoms with Crippen LogP contribution in [0.3, 0.4) is 0 Å². The van der Waals surface area contributed by atoms with E-state index in [4.69, 9.17) is 0 Å². The molecule has 0 bridgehead atoms. The standard InChI is InChI=1S/C14H21N3O/c1-11-4-3-5-12(8-11)16-14(18)10-17-7-6-13(9-17)15-2/h3-5,8,13,15H,6-7,9-10H2,1-2H3,(H,16,18). The van der Waals surface area contributed by atoms with Crippen molar-refractivity contribution in [3.8, 4) is 0 Å². The number of anilines is 1. The lowest BCUT2D eigenvalue weighted by molar-refractivity contribution is -0.117. The largest absolute Gasteiger partial charge is 0.325 e. The number of rotatable bonds is 4. The summed E-state index contributed by atoms with van der Waals surface area (Å²) in [6, 6.07) is 8.41. The average Bonchev–Trinajstić information content (AvgIpc) is 2.76. The Morgan fingerprint density at radius 1 is 1.50 bits per heavy atom. The first-order valence-corrected chi connectivity index (χ1v) is 6.43. The Morgan fingerprint density at radius 2 is 2.33 bits per heavy atom. The highest BCUT2D eigenvalue weighted by atomic mass is 16.2. The van der Waals surface area contributed by atoms with Gasteiger partial charge in [-0.05, 0) is 38.1 Å². The van der Waals surface area contributed by atoms with Crippen LogP contribution >= 0.6 is 0 Å². The fourth-order valence-corrected chi connectivity index (χ4v) is 2.34. The van der Waals surface area contributed by atoms with Gasteiger partial charge in [0.25, 0.3) is 0 Å². The molecule has 1 atom stereocenters. The summed E-state index contributed by atoms with van der Waals surface area (Å²) < 4.78 is 0. The molecule has 98 valence electrons. The molecule has 0 aliphatic carbocycles. The van der Waals surface area contributed by atoms with Gasteiger partial charge in [-0.25, -0.2) is 0 Å². The third-order valence-electron chi connectivity index (χ3n) is 3.35. The van der Waals surface area contributed by atoms with Gasteiger partial charge >= 0.3 is 0 Å². The van der Waals surface area contributed by atoms with Crippen molar-refractivity contribution in [3.63, 3.8) is 0 Å². The van der Waals surface area contributed by atoms with Crippen molar-refractivity contribution in [1.82, 2.24) is 10.2 Å². The number of benzene rings is 1. The maximum Gasteiger partial charge on any atom is 0.238 e. The Kier molecular flexibility index (Phi) is 4.33. The number of amides is 1. The SMILES string of the molecule is CNC1CCN(CC(=O)Nc2cccc(C)c2)C1. The molecule has 1 aliphatic rings. The number of nitrogens with one attached hydrogen (secondary N) is 2. The van der Waals surface area contributed by atoms with Crippen LogP contribution in [0, 0.1) is 6.92 Å². The van der Waals surface area contributed by atoms with Gasteiger partial charge in [0.2, 0.25) is 5.91 Å². The van der Waals surface area contributed by atoms with Gasteiger partial charge in [0.1, 0.15) is 0 Å². The molecule has 18 heavy (non-hydrogen) atoms. The van der Waals surface area contributed by atoms with Gasteiger partial charge in [-0.15, -0.1) is 0 Å². The fraction of sp³-hybridized carbons (Fsp3) is 0.500. The van der Waals surface area contributed by atoms with E-state index in [2.05, 4.69) is 15.5 Å². The van der Waals surface area contributed by atoms with Crippen molar-refractivity contribution in [1.29, 1.82) is 0 Å². The van der Waals surface area contributed by atoms with Gasteiger partial charge in [0, 0.05) is 24.8 Å². The number of hydrogen-bond donors (Lipinski definition) is 2. The van der Waals surface area contributed by atoms with Crippen LogP contribution in [-0.2, 0) is 4.79 Å². The molecule has 4 heteroatoms. The zero-order valence-corrected chi connectivity index (χ0v) is 11.1. The quantitative estimate of drug-likeness (QED) is 0.841. The minimum atomic E-state index is 0.0670. The smallest absolute Gasteiger partial charge is 0.238 e. The van der Waals surface area contributed by atoms with Crippen molar-refractivity contribution in [2.75, 3.05) is 32.0 Å². The van der Waals surface area contributed by atoms with Crippen LogP contribution in [-0.4, -0.2) is 43.5 Å². The topological polar surface area (TPSA) is 44.4 Å². The number of hydrogen-bond acceptors (Lipinski definition) is 3. The van der Waals surface area contributed by atoms with Crippen molar-refractivity contribution in [2.45, 2.75) is 19.4 Å². The van der Waals surface area contributed by atoms with E-state index in [1.807, 2.05) is 38.2 Å². The highest BCUT2D eigenvalue weighted by molar-refractivity contribution is 5.92. The van der Waals surface area contributed by atoms with Crippen LogP contribution in [0.2, 0.25) is 0 Å². The van der Waals surface area contributed by atoms with Crippen LogP contribution in [0.5, 0.6) is 0 Å². The zero-order valence-electron chi connectivity index (χ0n) is 11.1. The number of likely N-dealkylation sites (tertiary alicyclic amines) is 1. The Balaban J connectivity index is 1.82. The maximum absolute atomic E-state index is 11.9. The summed E-state index contributed by atoms with van der Waals surface area (Å²) in [5.41, 5.74) is 2.04. The van der Waals surface area contributed by atoms with Crippen molar-refractivity contribution in [3.05, 3.63) is 29.8 Å². The predicted octanol–water partition coefficient (Wildman–Crippen LogP) is 1.23. The van der Waals surface area contributed by atoms with E-state index >= 15 is 0 Å². The molecule has 2 rings (SSSR count). The molecule has 1 aliphatic heterocycles. The summed E-state index contributed by atoms with van der Waals surface area (Å²) in [4.78, 5) is 14.1. The predicted molar refractivity (Wildman–Crippen MR) is 73.7 cm³/mol. The lowest BCUT2D eigenvalue weighted by Crippen LogP contribution is -2.34. The molecule has 0 spiro atoms. The molecule has 4 nitrogen and oxygen atoms in total. The molecule has 2 N–H and O–H groups in total. The van der Waals surface area contributed by atoms with Gasteiger partial charge in [-0.3, -0.25) is 9.69 Å².